The lowest BCUT2D eigenvalue weighted by Crippen LogP contribution is -1.99. The molecule has 1 N–H and O–H groups in total. The van der Waals surface area contributed by atoms with Crippen LogP contribution in [0.4, 0.5) is 0 Å². The van der Waals surface area contributed by atoms with Gasteiger partial charge in [-0.15, -0.1) is 0 Å². The number of hydrogen-bond acceptors (Lipinski definition) is 0. The van der Waals surface area contributed by atoms with Crippen LogP contribution in [0.15, 0.2) is 24.2 Å². The van der Waals surface area contributed by atoms with Gasteiger partial charge in [-0.25, -0.2) is 0 Å². The largest absolute Gasteiger partial charge is 0.358 e. The molecule has 0 unspecified atom stereocenters. The maximum Gasteiger partial charge on any atom is 0.0645 e. The molecule has 3 rings (SSSR count). The minimum atomic E-state index is -0.152. The monoisotopic (exact) mass is 175 g/mol. The van der Waals surface area contributed by atoms with Crippen molar-refractivity contribution in [3.63, 3.8) is 0 Å². The third kappa shape index (κ3) is 0.998. The summed E-state index contributed by atoms with van der Waals surface area (Å²) in [5.41, 5.74) is 2.76. The number of hydrogen-bond donors (Lipinski definition) is 1. The molecule has 0 amide bonds. The lowest BCUT2D eigenvalue weighted by atomic mass is 9.96. The Morgan fingerprint density at radius 2 is 2.00 bits per heavy atom. The summed E-state index contributed by atoms with van der Waals surface area (Å²) in [5.74, 6) is 0. The number of aromatic nitrogens is 1. The van der Waals surface area contributed by atoms with Crippen LogP contribution in [0, 0.1) is 0 Å². The maximum atomic E-state index is 7.97. The number of H-pyrrole nitrogens is 1. The third-order valence-electron chi connectivity index (χ3n) is 2.73. The Bertz CT molecular complexity index is 615. The van der Waals surface area contributed by atoms with Crippen LogP contribution >= 0.6 is 0 Å². The Balaban J connectivity index is 2.46. The topological polar surface area (TPSA) is 15.8 Å². The van der Waals surface area contributed by atoms with Crippen LogP contribution in [0.25, 0.3) is 10.9 Å². The van der Waals surface area contributed by atoms with Gasteiger partial charge < -0.3 is 4.98 Å². The molecule has 1 aromatic heterocycles. The van der Waals surface area contributed by atoms with Crippen LogP contribution in [-0.2, 0) is 12.8 Å². The number of nitrogens with one attached hydrogen (secondary N) is 1. The van der Waals surface area contributed by atoms with Gasteiger partial charge in [-0.3, -0.25) is 0 Å². The van der Waals surface area contributed by atoms with E-state index in [4.69, 9.17) is 5.48 Å². The van der Waals surface area contributed by atoms with Crippen molar-refractivity contribution in [2.75, 3.05) is 0 Å². The second kappa shape index (κ2) is 2.63. The van der Waals surface area contributed by atoms with E-state index in [1.54, 1.807) is 0 Å². The number of aromatic amines is 1. The van der Waals surface area contributed by atoms with Crippen LogP contribution in [0.3, 0.4) is 0 Å². The first kappa shape index (κ1) is 4.32. The smallest absolute Gasteiger partial charge is 0.0645 e. The molecule has 1 nitrogen and oxygen atoms in total. The van der Waals surface area contributed by atoms with Gasteiger partial charge in [0.15, 0.2) is 0 Å². The predicted molar refractivity (Wildman–Crippen MR) is 54.9 cm³/mol. The number of para-hydroxylation sites is 1. The first-order valence-corrected chi connectivity index (χ1v) is 4.71. The summed E-state index contributed by atoms with van der Waals surface area (Å²) < 4.78 is 31.2. The highest BCUT2D eigenvalue weighted by molar-refractivity contribution is 5.84. The van der Waals surface area contributed by atoms with Gasteiger partial charge in [-0.2, -0.15) is 0 Å². The average Bonchev–Trinajstić information content (AvgIpc) is 2.73. The SMILES string of the molecule is [2H]c1c([2H])c([2H])c2c3c([nH]c2c1[2H])CCCC3. The van der Waals surface area contributed by atoms with Crippen molar-refractivity contribution >= 4 is 10.9 Å². The van der Waals surface area contributed by atoms with Crippen molar-refractivity contribution < 1.29 is 5.48 Å². The van der Waals surface area contributed by atoms with E-state index in [1.165, 1.54) is 0 Å². The highest BCUT2D eigenvalue weighted by atomic mass is 14.7. The molecule has 0 radical (unpaired) electrons. The van der Waals surface area contributed by atoms with Crippen LogP contribution in [0.2, 0.25) is 0 Å². The average molecular weight is 175 g/mol. The Labute approximate surface area is 83.4 Å². The molecule has 13 heavy (non-hydrogen) atoms. The molecule has 1 heteroatoms. The molecule has 0 fully saturated rings. The van der Waals surface area contributed by atoms with E-state index in [-0.39, 0.29) is 24.2 Å². The zero-order chi connectivity index (χ0) is 12.2. The summed E-state index contributed by atoms with van der Waals surface area (Å²) >= 11 is 0. The van der Waals surface area contributed by atoms with E-state index in [0.717, 1.165) is 36.9 Å². The van der Waals surface area contributed by atoms with E-state index in [2.05, 4.69) is 4.98 Å². The fourth-order valence-corrected chi connectivity index (χ4v) is 2.10. The maximum absolute atomic E-state index is 7.97. The van der Waals surface area contributed by atoms with E-state index in [0.29, 0.717) is 10.9 Å². The minimum absolute atomic E-state index is 0.0513. The first-order chi connectivity index (χ1) is 8.11. The first-order valence-electron chi connectivity index (χ1n) is 6.71. The van der Waals surface area contributed by atoms with E-state index in [9.17, 15) is 0 Å². The summed E-state index contributed by atoms with van der Waals surface area (Å²) in [6.07, 6.45) is 4.09. The summed E-state index contributed by atoms with van der Waals surface area (Å²) in [4.78, 5) is 3.18. The van der Waals surface area contributed by atoms with Crippen LogP contribution in [0.5, 0.6) is 0 Å². The molecule has 1 aliphatic carbocycles. The highest BCUT2D eigenvalue weighted by Gasteiger charge is 2.13. The van der Waals surface area contributed by atoms with Crippen molar-refractivity contribution in [1.29, 1.82) is 0 Å². The molecule has 2 aromatic rings. The number of rotatable bonds is 0. The molecule has 1 heterocycles. The summed E-state index contributed by atoms with van der Waals surface area (Å²) in [6.45, 7) is 0. The molecule has 0 saturated heterocycles. The molecule has 1 aliphatic rings. The van der Waals surface area contributed by atoms with E-state index >= 15 is 0 Å². The van der Waals surface area contributed by atoms with Gasteiger partial charge in [-0.05, 0) is 37.3 Å². The van der Waals surface area contributed by atoms with Gasteiger partial charge in [0.1, 0.15) is 0 Å². The van der Waals surface area contributed by atoms with Crippen molar-refractivity contribution in [1.82, 2.24) is 4.98 Å². The number of fused-ring (bicyclic) bond motifs is 3. The predicted octanol–water partition coefficient (Wildman–Crippen LogP) is 3.05. The van der Waals surface area contributed by atoms with Crippen LogP contribution in [-0.4, -0.2) is 4.98 Å². The fraction of sp³-hybridized carbons (Fsp3) is 0.333. The molecule has 0 saturated carbocycles. The van der Waals surface area contributed by atoms with E-state index < -0.39 is 0 Å². The Kier molecular flexibility index (Phi) is 0.872. The van der Waals surface area contributed by atoms with Crippen molar-refractivity contribution in [2.45, 2.75) is 25.7 Å². The molecule has 0 aliphatic heterocycles. The highest BCUT2D eigenvalue weighted by Crippen LogP contribution is 2.28. The number of aryl methyl sites for hydroxylation is 2. The second-order valence-electron chi connectivity index (χ2n) is 3.54. The zero-order valence-electron chi connectivity index (χ0n) is 11.3. The van der Waals surface area contributed by atoms with Crippen LogP contribution < -0.4 is 0 Å². The molecular formula is C12H13N. The Morgan fingerprint density at radius 3 is 3.00 bits per heavy atom. The molecule has 0 bridgehead atoms. The quantitative estimate of drug-likeness (QED) is 0.633. The lowest BCUT2D eigenvalue weighted by Gasteiger charge is -2.10. The van der Waals surface area contributed by atoms with Gasteiger partial charge in [-0.1, -0.05) is 18.1 Å². The third-order valence-corrected chi connectivity index (χ3v) is 2.73. The molecule has 0 atom stereocenters. The Morgan fingerprint density at radius 1 is 1.15 bits per heavy atom. The standard InChI is InChI=1S/C12H13N/c1-3-7-11-9(5-1)10-6-2-4-8-12(10)13-11/h1,3,5,7,13H,2,4,6,8H2/i1D,3D,5D,7D. The summed E-state index contributed by atoms with van der Waals surface area (Å²) in [6, 6.07) is -0.133. The zero-order valence-corrected chi connectivity index (χ0v) is 7.33. The Hall–Kier alpha value is -1.24. The lowest BCUT2D eigenvalue weighted by molar-refractivity contribution is 0.680. The van der Waals surface area contributed by atoms with E-state index in [1.807, 2.05) is 0 Å². The normalized spacial score (nSPS) is 20.3. The molecule has 0 spiro atoms. The fourth-order valence-electron chi connectivity index (χ4n) is 2.10. The second-order valence-corrected chi connectivity index (χ2v) is 3.54. The van der Waals surface area contributed by atoms with Crippen molar-refractivity contribution in [3.05, 3.63) is 35.4 Å². The van der Waals surface area contributed by atoms with Crippen LogP contribution in [0.1, 0.15) is 29.6 Å². The van der Waals surface area contributed by atoms with Gasteiger partial charge >= 0.3 is 0 Å². The van der Waals surface area contributed by atoms with Crippen molar-refractivity contribution in [2.24, 2.45) is 0 Å². The molecule has 1 aromatic carbocycles. The van der Waals surface area contributed by atoms with Crippen molar-refractivity contribution in [3.8, 4) is 0 Å². The number of benzene rings is 1. The van der Waals surface area contributed by atoms with Gasteiger partial charge in [0.05, 0.1) is 5.48 Å². The molecule has 66 valence electrons. The molecular weight excluding hydrogens is 158 g/mol. The minimum Gasteiger partial charge on any atom is -0.358 e. The van der Waals surface area contributed by atoms with Gasteiger partial charge in [0.25, 0.3) is 0 Å². The summed E-state index contributed by atoms with van der Waals surface area (Å²) in [5, 5.41) is 0.700. The summed E-state index contributed by atoms with van der Waals surface area (Å²) in [7, 11) is 0. The van der Waals surface area contributed by atoms with Gasteiger partial charge in [0, 0.05) is 16.6 Å². The van der Waals surface area contributed by atoms with Gasteiger partial charge in [0.2, 0.25) is 0 Å².